The van der Waals surface area contributed by atoms with Gasteiger partial charge in [-0.1, -0.05) is 6.42 Å². The van der Waals surface area contributed by atoms with Crippen molar-refractivity contribution in [1.29, 1.82) is 0 Å². The second-order valence-electron chi connectivity index (χ2n) is 9.27. The minimum Gasteiger partial charge on any atom is -0.480 e. The number of aliphatic carboxylic acids is 1. The number of unbranched alkanes of at least 4 members (excludes halogenated alkanes) is 2. The second-order valence-corrected chi connectivity index (χ2v) is 9.27. The van der Waals surface area contributed by atoms with E-state index in [-0.39, 0.29) is 25.3 Å². The molecule has 4 atom stereocenters. The van der Waals surface area contributed by atoms with Gasteiger partial charge in [-0.15, -0.1) is 0 Å². The van der Waals surface area contributed by atoms with E-state index < -0.39 is 47.9 Å². The fourth-order valence-electron chi connectivity index (χ4n) is 4.20. The maximum Gasteiger partial charge on any atom is 0.326 e. The Bertz CT molecular complexity index is 776. The van der Waals surface area contributed by atoms with Crippen LogP contribution in [0.1, 0.15) is 64.2 Å². The van der Waals surface area contributed by atoms with E-state index in [1.807, 2.05) is 0 Å². The maximum atomic E-state index is 13.3. The normalized spacial score (nSPS) is 17.5. The van der Waals surface area contributed by atoms with E-state index in [4.69, 9.17) is 28.7 Å². The summed E-state index contributed by atoms with van der Waals surface area (Å²) < 4.78 is 0. The molecule has 0 saturated carbocycles. The lowest BCUT2D eigenvalue weighted by molar-refractivity contribution is -0.149. The van der Waals surface area contributed by atoms with E-state index >= 15 is 0 Å². The van der Waals surface area contributed by atoms with E-state index in [0.717, 1.165) is 6.42 Å². The topological polar surface area (TPSA) is 258 Å². The molecule has 37 heavy (non-hydrogen) atoms. The molecule has 4 unspecified atom stereocenters. The van der Waals surface area contributed by atoms with Gasteiger partial charge in [0.1, 0.15) is 18.1 Å². The Morgan fingerprint density at radius 3 is 2.08 bits per heavy atom. The van der Waals surface area contributed by atoms with Crippen LogP contribution in [0.2, 0.25) is 0 Å². The molecule has 0 bridgehead atoms. The standard InChI is InChI=1S/C23H45N9O5/c24-11-3-1-7-15(26)19(33)30-16(9-5-13-29-23(27)28)20(34)31-17(8-2-4-12-25)21(35)32-14-6-10-18(32)22(36)37/h15-18H,1-14,24-26H2,(H,30,33)(H,31,34)(H,36,37)(H4,27,28,29). The minimum atomic E-state index is -1.08. The number of carboxylic acid groups (broad SMARTS) is 1. The zero-order valence-electron chi connectivity index (χ0n) is 21.6. The number of hydrogen-bond donors (Lipinski definition) is 8. The summed E-state index contributed by atoms with van der Waals surface area (Å²) in [5, 5.41) is 14.9. The van der Waals surface area contributed by atoms with Crippen LogP contribution in [-0.4, -0.2) is 90.0 Å². The fourth-order valence-corrected chi connectivity index (χ4v) is 4.20. The van der Waals surface area contributed by atoms with Crippen molar-refractivity contribution in [1.82, 2.24) is 15.5 Å². The Balaban J connectivity index is 2.99. The smallest absolute Gasteiger partial charge is 0.326 e. The van der Waals surface area contributed by atoms with Crippen molar-refractivity contribution >= 4 is 29.7 Å². The van der Waals surface area contributed by atoms with Crippen LogP contribution in [0, 0.1) is 0 Å². The number of carbonyl (C=O) groups is 4. The Hall–Kier alpha value is -2.97. The molecule has 0 aromatic rings. The Morgan fingerprint density at radius 1 is 0.892 bits per heavy atom. The molecule has 0 spiro atoms. The molecule has 1 fully saturated rings. The number of nitrogens with one attached hydrogen (secondary N) is 2. The van der Waals surface area contributed by atoms with E-state index in [9.17, 15) is 24.3 Å². The van der Waals surface area contributed by atoms with Gasteiger partial charge in [-0.2, -0.15) is 0 Å². The molecule has 0 aromatic heterocycles. The van der Waals surface area contributed by atoms with E-state index in [0.29, 0.717) is 64.6 Å². The third-order valence-electron chi connectivity index (χ3n) is 6.27. The molecular weight excluding hydrogens is 482 g/mol. The monoisotopic (exact) mass is 527 g/mol. The fraction of sp³-hybridized carbons (Fsp3) is 0.783. The molecule has 1 saturated heterocycles. The third kappa shape index (κ3) is 11.7. The predicted octanol–water partition coefficient (Wildman–Crippen LogP) is -2.33. The van der Waals surface area contributed by atoms with Crippen LogP contribution in [0.5, 0.6) is 0 Å². The summed E-state index contributed by atoms with van der Waals surface area (Å²) in [7, 11) is 0. The van der Waals surface area contributed by atoms with Gasteiger partial charge in [-0.3, -0.25) is 19.4 Å². The number of aliphatic imine (C=N–C) groups is 1. The Labute approximate surface area is 218 Å². The highest BCUT2D eigenvalue weighted by atomic mass is 16.4. The SMILES string of the molecule is NCCCCC(N)C(=O)NC(CCCN=C(N)N)C(=O)NC(CCCCN)C(=O)N1CCCC1C(=O)O. The number of guanidine groups is 1. The lowest BCUT2D eigenvalue weighted by atomic mass is 10.0. The Morgan fingerprint density at radius 2 is 1.49 bits per heavy atom. The van der Waals surface area contributed by atoms with Crippen LogP contribution < -0.4 is 39.3 Å². The summed E-state index contributed by atoms with van der Waals surface area (Å²) in [6.45, 7) is 1.46. The molecule has 1 aliphatic heterocycles. The number of carboxylic acids is 1. The van der Waals surface area contributed by atoms with Gasteiger partial charge < -0.3 is 49.3 Å². The highest BCUT2D eigenvalue weighted by molar-refractivity contribution is 5.94. The summed E-state index contributed by atoms with van der Waals surface area (Å²) in [6.07, 6.45) is 4.81. The van der Waals surface area contributed by atoms with E-state index in [2.05, 4.69) is 15.6 Å². The molecule has 0 aliphatic carbocycles. The molecule has 1 heterocycles. The van der Waals surface area contributed by atoms with Gasteiger partial charge in [0.05, 0.1) is 6.04 Å². The molecule has 14 nitrogen and oxygen atoms in total. The maximum absolute atomic E-state index is 13.3. The van der Waals surface area contributed by atoms with Crippen LogP contribution in [0.25, 0.3) is 0 Å². The number of amides is 3. The lowest BCUT2D eigenvalue weighted by Crippen LogP contribution is -2.57. The summed E-state index contributed by atoms with van der Waals surface area (Å²) >= 11 is 0. The summed E-state index contributed by atoms with van der Waals surface area (Å²) in [5.41, 5.74) is 27.8. The highest BCUT2D eigenvalue weighted by Gasteiger charge is 2.38. The number of nitrogens with zero attached hydrogens (tertiary/aromatic N) is 2. The first kappa shape index (κ1) is 32.1. The van der Waals surface area contributed by atoms with Gasteiger partial charge in [0, 0.05) is 13.1 Å². The van der Waals surface area contributed by atoms with Crippen LogP contribution in [0.4, 0.5) is 0 Å². The molecule has 13 N–H and O–H groups in total. The van der Waals surface area contributed by atoms with Crippen molar-refractivity contribution in [2.24, 2.45) is 33.7 Å². The van der Waals surface area contributed by atoms with Crippen molar-refractivity contribution in [3.63, 3.8) is 0 Å². The first-order valence-electron chi connectivity index (χ1n) is 13.0. The van der Waals surface area contributed by atoms with Gasteiger partial charge in [-0.05, 0) is 70.9 Å². The van der Waals surface area contributed by atoms with Gasteiger partial charge in [0.25, 0.3) is 0 Å². The zero-order chi connectivity index (χ0) is 27.8. The Kier molecular flexibility index (Phi) is 15.1. The van der Waals surface area contributed by atoms with Gasteiger partial charge >= 0.3 is 5.97 Å². The molecule has 3 amide bonds. The number of likely N-dealkylation sites (tertiary alicyclic amines) is 1. The predicted molar refractivity (Wildman–Crippen MR) is 140 cm³/mol. The molecular formula is C23H45N9O5. The molecule has 212 valence electrons. The lowest BCUT2D eigenvalue weighted by Gasteiger charge is -2.29. The summed E-state index contributed by atoms with van der Waals surface area (Å²) in [6, 6.07) is -3.68. The third-order valence-corrected chi connectivity index (χ3v) is 6.27. The van der Waals surface area contributed by atoms with Crippen LogP contribution >= 0.6 is 0 Å². The number of rotatable bonds is 18. The molecule has 0 aromatic carbocycles. The van der Waals surface area contributed by atoms with Crippen molar-refractivity contribution in [3.8, 4) is 0 Å². The average molecular weight is 528 g/mol. The first-order chi connectivity index (χ1) is 17.6. The van der Waals surface area contributed by atoms with E-state index in [1.54, 1.807) is 0 Å². The van der Waals surface area contributed by atoms with Crippen molar-refractivity contribution < 1.29 is 24.3 Å². The summed E-state index contributed by atoms with van der Waals surface area (Å²) in [4.78, 5) is 56.1. The van der Waals surface area contributed by atoms with Gasteiger partial charge in [0.2, 0.25) is 17.7 Å². The molecule has 1 rings (SSSR count). The first-order valence-corrected chi connectivity index (χ1v) is 13.0. The molecule has 1 aliphatic rings. The van der Waals surface area contributed by atoms with Crippen LogP contribution in [0.15, 0.2) is 4.99 Å². The largest absolute Gasteiger partial charge is 0.480 e. The average Bonchev–Trinajstić information content (AvgIpc) is 3.35. The minimum absolute atomic E-state index is 0.0869. The highest BCUT2D eigenvalue weighted by Crippen LogP contribution is 2.20. The number of hydrogen-bond acceptors (Lipinski definition) is 8. The van der Waals surface area contributed by atoms with Crippen molar-refractivity contribution in [2.75, 3.05) is 26.2 Å². The van der Waals surface area contributed by atoms with Crippen molar-refractivity contribution in [2.45, 2.75) is 88.4 Å². The second kappa shape index (κ2) is 17.5. The van der Waals surface area contributed by atoms with Crippen LogP contribution in [0.3, 0.4) is 0 Å². The quantitative estimate of drug-likeness (QED) is 0.0535. The molecule has 14 heteroatoms. The van der Waals surface area contributed by atoms with E-state index in [1.165, 1.54) is 4.90 Å². The van der Waals surface area contributed by atoms with Crippen LogP contribution in [-0.2, 0) is 19.2 Å². The molecule has 0 radical (unpaired) electrons. The van der Waals surface area contributed by atoms with Gasteiger partial charge in [0.15, 0.2) is 5.96 Å². The van der Waals surface area contributed by atoms with Gasteiger partial charge in [-0.25, -0.2) is 4.79 Å². The number of nitrogens with two attached hydrogens (primary N) is 5. The van der Waals surface area contributed by atoms with Crippen molar-refractivity contribution in [3.05, 3.63) is 0 Å². The zero-order valence-corrected chi connectivity index (χ0v) is 21.6. The number of carbonyl (C=O) groups excluding carboxylic acids is 3. The summed E-state index contributed by atoms with van der Waals surface area (Å²) in [5.74, 6) is -2.68.